The minimum absolute atomic E-state index is 1.08. The summed E-state index contributed by atoms with van der Waals surface area (Å²) in [7, 11) is 0. The zero-order valence-electron chi connectivity index (χ0n) is 38.5. The largest absolute Gasteiger partial charge is 0.310 e. The maximum atomic E-state index is 2.41. The highest BCUT2D eigenvalue weighted by molar-refractivity contribution is 6.09. The molecule has 0 radical (unpaired) electrons. The highest BCUT2D eigenvalue weighted by Gasteiger charge is 2.20. The smallest absolute Gasteiger partial charge is 0.0541 e. The molecular formula is C68H46N2. The number of fused-ring (bicyclic) bond motifs is 5. The number of benzene rings is 12. The molecule has 1 heterocycles. The summed E-state index contributed by atoms with van der Waals surface area (Å²) >= 11 is 0. The maximum Gasteiger partial charge on any atom is 0.0541 e. The summed E-state index contributed by atoms with van der Waals surface area (Å²) in [6.45, 7) is 0. The molecule has 0 spiro atoms. The highest BCUT2D eigenvalue weighted by atomic mass is 15.1. The van der Waals surface area contributed by atoms with Gasteiger partial charge in [-0.3, -0.25) is 0 Å². The summed E-state index contributed by atoms with van der Waals surface area (Å²) in [5.74, 6) is 0. The first-order valence-corrected chi connectivity index (χ1v) is 24.1. The van der Waals surface area contributed by atoms with Gasteiger partial charge in [0, 0.05) is 33.4 Å². The Morgan fingerprint density at radius 3 is 1.20 bits per heavy atom. The van der Waals surface area contributed by atoms with Crippen molar-refractivity contribution in [3.8, 4) is 61.3 Å². The van der Waals surface area contributed by atoms with Gasteiger partial charge < -0.3 is 9.47 Å². The zero-order valence-corrected chi connectivity index (χ0v) is 38.5. The molecule has 0 atom stereocenters. The molecule has 2 nitrogen and oxygen atoms in total. The van der Waals surface area contributed by atoms with Crippen molar-refractivity contribution in [3.63, 3.8) is 0 Å². The Morgan fingerprint density at radius 1 is 0.243 bits per heavy atom. The summed E-state index contributed by atoms with van der Waals surface area (Å²) in [5.41, 5.74) is 18.6. The van der Waals surface area contributed by atoms with Crippen LogP contribution in [0.1, 0.15) is 0 Å². The first-order chi connectivity index (χ1) is 34.7. The van der Waals surface area contributed by atoms with Crippen molar-refractivity contribution in [1.82, 2.24) is 4.57 Å². The highest BCUT2D eigenvalue weighted by Crippen LogP contribution is 2.44. The van der Waals surface area contributed by atoms with E-state index in [2.05, 4.69) is 289 Å². The van der Waals surface area contributed by atoms with Crippen LogP contribution < -0.4 is 4.90 Å². The first-order valence-electron chi connectivity index (χ1n) is 24.1. The lowest BCUT2D eigenvalue weighted by Crippen LogP contribution is -2.11. The van der Waals surface area contributed by atoms with Crippen molar-refractivity contribution in [3.05, 3.63) is 279 Å². The monoisotopic (exact) mass is 890 g/mol. The van der Waals surface area contributed by atoms with E-state index < -0.39 is 0 Å². The molecule has 13 aromatic rings. The summed E-state index contributed by atoms with van der Waals surface area (Å²) < 4.78 is 2.40. The average molecular weight is 891 g/mol. The van der Waals surface area contributed by atoms with Gasteiger partial charge in [-0.2, -0.15) is 0 Å². The number of hydrogen-bond acceptors (Lipinski definition) is 1. The van der Waals surface area contributed by atoms with E-state index in [9.17, 15) is 0 Å². The normalized spacial score (nSPS) is 11.4. The van der Waals surface area contributed by atoms with E-state index in [1.807, 2.05) is 0 Å². The van der Waals surface area contributed by atoms with Crippen LogP contribution in [0.25, 0.3) is 105 Å². The van der Waals surface area contributed by atoms with Crippen molar-refractivity contribution in [2.75, 3.05) is 4.90 Å². The molecule has 0 aliphatic rings. The number of nitrogens with zero attached hydrogens (tertiary/aromatic N) is 2. The minimum Gasteiger partial charge on any atom is -0.310 e. The lowest BCUT2D eigenvalue weighted by Gasteiger charge is -2.29. The predicted molar refractivity (Wildman–Crippen MR) is 298 cm³/mol. The Kier molecular flexibility index (Phi) is 10.2. The van der Waals surface area contributed by atoms with Gasteiger partial charge in [-0.05, 0) is 144 Å². The first kappa shape index (κ1) is 41.0. The van der Waals surface area contributed by atoms with Crippen LogP contribution in [0.15, 0.2) is 279 Å². The summed E-state index contributed by atoms with van der Waals surface area (Å²) in [6, 6.07) is 102. The standard InChI is InChI=1S/C68H46N2/c1-2-15-53(16-3-1)65-46-59(56-19-12-20-62(45-56)70-66-23-10-8-21-63(66)64-22-9-11-24-67(64)70)37-42-68(65)69(61-40-35-52(36-41-61)58-32-30-48-14-5-7-18-55(48)44-58)60-38-33-50(34-39-60)49-25-27-51(28-26-49)57-31-29-47-13-4-6-17-54(47)43-57/h1-46H. The van der Waals surface area contributed by atoms with E-state index >= 15 is 0 Å². The third kappa shape index (κ3) is 7.49. The van der Waals surface area contributed by atoms with Crippen LogP contribution in [-0.4, -0.2) is 4.57 Å². The Morgan fingerprint density at radius 2 is 0.643 bits per heavy atom. The van der Waals surface area contributed by atoms with Crippen molar-refractivity contribution in [2.24, 2.45) is 0 Å². The van der Waals surface area contributed by atoms with Crippen LogP contribution in [0.2, 0.25) is 0 Å². The molecule has 0 N–H and O–H groups in total. The maximum absolute atomic E-state index is 2.41. The summed E-state index contributed by atoms with van der Waals surface area (Å²) in [5, 5.41) is 7.50. The van der Waals surface area contributed by atoms with Gasteiger partial charge in [0.2, 0.25) is 0 Å². The second-order valence-electron chi connectivity index (χ2n) is 18.1. The van der Waals surface area contributed by atoms with Crippen molar-refractivity contribution < 1.29 is 0 Å². The Balaban J connectivity index is 0.910. The lowest BCUT2D eigenvalue weighted by atomic mass is 9.95. The van der Waals surface area contributed by atoms with E-state index in [1.54, 1.807) is 0 Å². The second-order valence-corrected chi connectivity index (χ2v) is 18.1. The Bertz CT molecular complexity index is 3980. The molecule has 0 aliphatic heterocycles. The molecule has 2 heteroatoms. The quantitative estimate of drug-likeness (QED) is 0.140. The van der Waals surface area contributed by atoms with Gasteiger partial charge in [0.15, 0.2) is 0 Å². The van der Waals surface area contributed by atoms with E-state index in [4.69, 9.17) is 0 Å². The molecule has 0 saturated heterocycles. The fraction of sp³-hybridized carbons (Fsp3) is 0. The minimum atomic E-state index is 1.08. The molecule has 0 saturated carbocycles. The molecule has 0 bridgehead atoms. The van der Waals surface area contributed by atoms with Gasteiger partial charge >= 0.3 is 0 Å². The molecule has 0 aliphatic carbocycles. The molecule has 0 fully saturated rings. The van der Waals surface area contributed by atoms with Gasteiger partial charge in [-0.1, -0.05) is 206 Å². The number of para-hydroxylation sites is 2. The lowest BCUT2D eigenvalue weighted by molar-refractivity contribution is 1.18. The molecule has 1 aromatic heterocycles. The average Bonchev–Trinajstić information content (AvgIpc) is 3.78. The van der Waals surface area contributed by atoms with Gasteiger partial charge in [0.25, 0.3) is 0 Å². The van der Waals surface area contributed by atoms with Crippen molar-refractivity contribution >= 4 is 60.4 Å². The molecule has 13 rings (SSSR count). The molecule has 328 valence electrons. The van der Waals surface area contributed by atoms with Gasteiger partial charge in [0.05, 0.1) is 16.7 Å². The molecule has 12 aromatic carbocycles. The topological polar surface area (TPSA) is 8.17 Å². The number of hydrogen-bond donors (Lipinski definition) is 0. The fourth-order valence-corrected chi connectivity index (χ4v) is 10.4. The zero-order chi connectivity index (χ0) is 46.4. The second kappa shape index (κ2) is 17.4. The van der Waals surface area contributed by atoms with Crippen LogP contribution in [0.5, 0.6) is 0 Å². The van der Waals surface area contributed by atoms with Gasteiger partial charge in [-0.25, -0.2) is 0 Å². The third-order valence-electron chi connectivity index (χ3n) is 14.0. The Labute approximate surface area is 408 Å². The van der Waals surface area contributed by atoms with Crippen molar-refractivity contribution in [2.45, 2.75) is 0 Å². The number of anilines is 3. The van der Waals surface area contributed by atoms with E-state index in [-0.39, 0.29) is 0 Å². The molecule has 0 amide bonds. The summed E-state index contributed by atoms with van der Waals surface area (Å²) in [6.07, 6.45) is 0. The SMILES string of the molecule is c1ccc(-c2cc(-c3cccc(-n4c5ccccc5c5ccccc54)c3)ccc2N(c2ccc(-c3ccc(-c4ccc5ccccc5c4)cc3)cc2)c2ccc(-c3ccc4ccccc4c3)cc2)cc1. The predicted octanol–water partition coefficient (Wildman–Crippen LogP) is 18.9. The van der Waals surface area contributed by atoms with Crippen LogP contribution in [0.3, 0.4) is 0 Å². The van der Waals surface area contributed by atoms with Crippen LogP contribution in [0.4, 0.5) is 17.1 Å². The fourth-order valence-electron chi connectivity index (χ4n) is 10.4. The van der Waals surface area contributed by atoms with Gasteiger partial charge in [0.1, 0.15) is 0 Å². The van der Waals surface area contributed by atoms with Crippen molar-refractivity contribution in [1.29, 1.82) is 0 Å². The molecular weight excluding hydrogens is 845 g/mol. The third-order valence-corrected chi connectivity index (χ3v) is 14.0. The van der Waals surface area contributed by atoms with Crippen LogP contribution in [-0.2, 0) is 0 Å². The number of aromatic nitrogens is 1. The molecule has 70 heavy (non-hydrogen) atoms. The van der Waals surface area contributed by atoms with E-state index in [1.165, 1.54) is 76.7 Å². The number of rotatable bonds is 9. The molecule has 0 unspecified atom stereocenters. The Hall–Kier alpha value is -9.24. The van der Waals surface area contributed by atoms with Gasteiger partial charge in [-0.15, -0.1) is 0 Å². The summed E-state index contributed by atoms with van der Waals surface area (Å²) in [4.78, 5) is 2.41. The van der Waals surface area contributed by atoms with Crippen LogP contribution in [0, 0.1) is 0 Å². The van der Waals surface area contributed by atoms with Crippen LogP contribution >= 0.6 is 0 Å². The van der Waals surface area contributed by atoms with E-state index in [0.717, 1.165) is 45.0 Å². The van der Waals surface area contributed by atoms with E-state index in [0.29, 0.717) is 0 Å².